The maximum atomic E-state index is 13.2. The van der Waals surface area contributed by atoms with Crippen molar-refractivity contribution in [3.63, 3.8) is 0 Å². The summed E-state index contributed by atoms with van der Waals surface area (Å²) in [6.07, 6.45) is 2.58. The van der Waals surface area contributed by atoms with Gasteiger partial charge >= 0.3 is 6.09 Å². The van der Waals surface area contributed by atoms with Gasteiger partial charge < -0.3 is 19.3 Å². The second kappa shape index (κ2) is 8.73. The summed E-state index contributed by atoms with van der Waals surface area (Å²) in [5, 5.41) is 4.40. The summed E-state index contributed by atoms with van der Waals surface area (Å²) in [7, 11) is 1.90. The zero-order valence-corrected chi connectivity index (χ0v) is 16.5. The van der Waals surface area contributed by atoms with Crippen molar-refractivity contribution < 1.29 is 19.1 Å². The van der Waals surface area contributed by atoms with Crippen LogP contribution in [0.4, 0.5) is 4.79 Å². The third-order valence-corrected chi connectivity index (χ3v) is 5.35. The molecule has 8 heteroatoms. The van der Waals surface area contributed by atoms with Crippen LogP contribution in [-0.2, 0) is 27.9 Å². The lowest BCUT2D eigenvalue weighted by molar-refractivity contribution is -0.145. The van der Waals surface area contributed by atoms with E-state index >= 15 is 0 Å². The molecule has 8 nitrogen and oxygen atoms in total. The number of amides is 2. The Balaban J connectivity index is 1.71. The maximum absolute atomic E-state index is 13.2. The average Bonchev–Trinajstić information content (AvgIpc) is 3.29. The summed E-state index contributed by atoms with van der Waals surface area (Å²) in [4.78, 5) is 28.8. The van der Waals surface area contributed by atoms with Gasteiger partial charge in [-0.1, -0.05) is 0 Å². The fourth-order valence-electron chi connectivity index (χ4n) is 3.91. The third-order valence-electron chi connectivity index (χ3n) is 5.35. The number of carbonyl (C=O) groups excluding carboxylic acids is 2. The number of piperidine rings is 1. The number of rotatable bonds is 5. The SMILES string of the molecule is CCOC(=O)N1CCC(N(Cc2cc(C)nn2C)C(=O)[C@@H]2CCCO2)CC1. The molecule has 2 aliphatic rings. The highest BCUT2D eigenvalue weighted by Crippen LogP contribution is 2.24. The van der Waals surface area contributed by atoms with E-state index in [0.717, 1.165) is 37.1 Å². The molecular formula is C19H30N4O4. The summed E-state index contributed by atoms with van der Waals surface area (Å²) < 4.78 is 12.6. The van der Waals surface area contributed by atoms with Crippen molar-refractivity contribution in [1.29, 1.82) is 0 Å². The molecule has 0 saturated carbocycles. The lowest BCUT2D eigenvalue weighted by Gasteiger charge is -2.39. The second-order valence-electron chi connectivity index (χ2n) is 7.29. The lowest BCUT2D eigenvalue weighted by atomic mass is 10.0. The first-order valence-corrected chi connectivity index (χ1v) is 9.83. The lowest BCUT2D eigenvalue weighted by Crippen LogP contribution is -2.51. The van der Waals surface area contributed by atoms with Crippen LogP contribution in [0.25, 0.3) is 0 Å². The van der Waals surface area contributed by atoms with E-state index in [1.165, 1.54) is 0 Å². The summed E-state index contributed by atoms with van der Waals surface area (Å²) in [5.41, 5.74) is 1.95. The fourth-order valence-corrected chi connectivity index (χ4v) is 3.91. The predicted octanol–water partition coefficient (Wildman–Crippen LogP) is 1.86. The molecule has 2 fully saturated rings. The fraction of sp³-hybridized carbons (Fsp3) is 0.737. The summed E-state index contributed by atoms with van der Waals surface area (Å²) in [5.74, 6) is 0.0564. The molecule has 1 aromatic heterocycles. The Bertz CT molecular complexity index is 661. The van der Waals surface area contributed by atoms with Crippen molar-refractivity contribution in [1.82, 2.24) is 19.6 Å². The van der Waals surface area contributed by atoms with Crippen LogP contribution in [0.5, 0.6) is 0 Å². The quantitative estimate of drug-likeness (QED) is 0.782. The van der Waals surface area contributed by atoms with Crippen molar-refractivity contribution in [2.75, 3.05) is 26.3 Å². The van der Waals surface area contributed by atoms with Crippen LogP contribution in [-0.4, -0.2) is 70.0 Å². The van der Waals surface area contributed by atoms with Gasteiger partial charge in [0.15, 0.2) is 0 Å². The van der Waals surface area contributed by atoms with Crippen molar-refractivity contribution in [2.24, 2.45) is 7.05 Å². The van der Waals surface area contributed by atoms with E-state index in [-0.39, 0.29) is 24.1 Å². The summed E-state index contributed by atoms with van der Waals surface area (Å²) in [6, 6.07) is 2.10. The minimum atomic E-state index is -0.345. The first-order valence-electron chi connectivity index (χ1n) is 9.83. The molecule has 150 valence electrons. The smallest absolute Gasteiger partial charge is 0.409 e. The molecule has 0 aromatic carbocycles. The normalized spacial score (nSPS) is 20.7. The molecule has 0 N–H and O–H groups in total. The van der Waals surface area contributed by atoms with Crippen molar-refractivity contribution in [3.8, 4) is 0 Å². The predicted molar refractivity (Wildman–Crippen MR) is 99.1 cm³/mol. The van der Waals surface area contributed by atoms with Gasteiger partial charge in [0.1, 0.15) is 6.10 Å². The zero-order chi connectivity index (χ0) is 19.4. The van der Waals surface area contributed by atoms with Gasteiger partial charge in [-0.25, -0.2) is 4.79 Å². The molecule has 2 aliphatic heterocycles. The molecular weight excluding hydrogens is 348 g/mol. The van der Waals surface area contributed by atoms with Crippen LogP contribution in [0.1, 0.15) is 44.0 Å². The highest BCUT2D eigenvalue weighted by Gasteiger charge is 2.35. The standard InChI is InChI=1S/C19H30N4O4/c1-4-26-19(25)22-9-7-15(8-10-22)23(18(24)17-6-5-11-27-17)13-16-12-14(2)20-21(16)3/h12,15,17H,4-11,13H2,1-3H3/t17-/m0/s1. The highest BCUT2D eigenvalue weighted by molar-refractivity contribution is 5.81. The van der Waals surface area contributed by atoms with Gasteiger partial charge in [0.25, 0.3) is 5.91 Å². The molecule has 0 bridgehead atoms. The maximum Gasteiger partial charge on any atom is 0.409 e. The van der Waals surface area contributed by atoms with Crippen LogP contribution in [0.2, 0.25) is 0 Å². The van der Waals surface area contributed by atoms with Crippen LogP contribution >= 0.6 is 0 Å². The Morgan fingerprint density at radius 1 is 1.33 bits per heavy atom. The Hall–Kier alpha value is -2.09. The zero-order valence-electron chi connectivity index (χ0n) is 16.5. The average molecular weight is 378 g/mol. The van der Waals surface area contributed by atoms with Crippen LogP contribution in [0, 0.1) is 6.92 Å². The topological polar surface area (TPSA) is 76.9 Å². The molecule has 2 saturated heterocycles. The number of nitrogens with zero attached hydrogens (tertiary/aromatic N) is 4. The first-order chi connectivity index (χ1) is 13.0. The number of ether oxygens (including phenoxy) is 2. The van der Waals surface area contributed by atoms with E-state index in [9.17, 15) is 9.59 Å². The van der Waals surface area contributed by atoms with E-state index < -0.39 is 0 Å². The Morgan fingerprint density at radius 2 is 2.07 bits per heavy atom. The molecule has 0 unspecified atom stereocenters. The van der Waals surface area contributed by atoms with Gasteiger partial charge in [0.05, 0.1) is 24.5 Å². The van der Waals surface area contributed by atoms with E-state index in [1.807, 2.05) is 36.5 Å². The first kappa shape index (κ1) is 19.7. The van der Waals surface area contributed by atoms with Gasteiger partial charge in [-0.05, 0) is 45.6 Å². The number of likely N-dealkylation sites (tertiary alicyclic amines) is 1. The Kier molecular flexibility index (Phi) is 6.36. The monoisotopic (exact) mass is 378 g/mol. The number of aryl methyl sites for hydroxylation is 2. The molecule has 0 aliphatic carbocycles. The van der Waals surface area contributed by atoms with Gasteiger partial charge in [0.2, 0.25) is 0 Å². The minimum Gasteiger partial charge on any atom is -0.450 e. The molecule has 1 atom stereocenters. The van der Waals surface area contributed by atoms with E-state index in [1.54, 1.807) is 4.90 Å². The van der Waals surface area contributed by atoms with Gasteiger partial charge in [-0.2, -0.15) is 5.10 Å². The number of hydrogen-bond acceptors (Lipinski definition) is 5. The van der Waals surface area contributed by atoms with Crippen LogP contribution < -0.4 is 0 Å². The second-order valence-corrected chi connectivity index (χ2v) is 7.29. The van der Waals surface area contributed by atoms with Gasteiger partial charge in [0, 0.05) is 32.8 Å². The van der Waals surface area contributed by atoms with E-state index in [4.69, 9.17) is 9.47 Å². The van der Waals surface area contributed by atoms with Gasteiger partial charge in [-0.15, -0.1) is 0 Å². The van der Waals surface area contributed by atoms with E-state index in [2.05, 4.69) is 5.10 Å². The largest absolute Gasteiger partial charge is 0.450 e. The summed E-state index contributed by atoms with van der Waals surface area (Å²) in [6.45, 7) is 6.50. The van der Waals surface area contributed by atoms with E-state index in [0.29, 0.717) is 32.8 Å². The Morgan fingerprint density at radius 3 is 2.63 bits per heavy atom. The number of carbonyl (C=O) groups is 2. The third kappa shape index (κ3) is 4.61. The van der Waals surface area contributed by atoms with Gasteiger partial charge in [-0.3, -0.25) is 9.48 Å². The van der Waals surface area contributed by atoms with Crippen molar-refractivity contribution in [2.45, 2.75) is 58.2 Å². The Labute approximate surface area is 160 Å². The number of hydrogen-bond donors (Lipinski definition) is 0. The molecule has 27 heavy (non-hydrogen) atoms. The molecule has 3 heterocycles. The molecule has 0 radical (unpaired) electrons. The van der Waals surface area contributed by atoms with Crippen molar-refractivity contribution in [3.05, 3.63) is 17.5 Å². The summed E-state index contributed by atoms with van der Waals surface area (Å²) >= 11 is 0. The number of aromatic nitrogens is 2. The minimum absolute atomic E-state index is 0.0564. The molecule has 2 amide bonds. The molecule has 1 aromatic rings. The molecule has 0 spiro atoms. The van der Waals surface area contributed by atoms with Crippen molar-refractivity contribution >= 4 is 12.0 Å². The highest BCUT2D eigenvalue weighted by atomic mass is 16.6. The molecule has 3 rings (SSSR count). The van der Waals surface area contributed by atoms with Crippen LogP contribution in [0.3, 0.4) is 0 Å². The van der Waals surface area contributed by atoms with Crippen LogP contribution in [0.15, 0.2) is 6.07 Å².